The zero-order valence-corrected chi connectivity index (χ0v) is 22.2. The third-order valence-electron chi connectivity index (χ3n) is 5.97. The maximum absolute atomic E-state index is 12.0. The number of amides is 1. The van der Waals surface area contributed by atoms with Crippen molar-refractivity contribution in [1.29, 1.82) is 0 Å². The van der Waals surface area contributed by atoms with Crippen molar-refractivity contribution in [3.63, 3.8) is 0 Å². The summed E-state index contributed by atoms with van der Waals surface area (Å²) in [7, 11) is 4.93. The first kappa shape index (κ1) is 27.5. The normalized spacial score (nSPS) is 13.5. The van der Waals surface area contributed by atoms with Gasteiger partial charge in [-0.15, -0.1) is 0 Å². The molecule has 0 atom stereocenters. The van der Waals surface area contributed by atoms with Gasteiger partial charge < -0.3 is 40.4 Å². The number of anilines is 5. The van der Waals surface area contributed by atoms with E-state index in [1.165, 1.54) is 38.6 Å². The van der Waals surface area contributed by atoms with Crippen LogP contribution in [0.15, 0.2) is 36.5 Å². The Morgan fingerprint density at radius 3 is 2.41 bits per heavy atom. The van der Waals surface area contributed by atoms with E-state index in [9.17, 15) is 14.9 Å². The second kappa shape index (κ2) is 11.9. The van der Waals surface area contributed by atoms with E-state index in [2.05, 4.69) is 25.5 Å². The minimum absolute atomic E-state index is 0.0711. The summed E-state index contributed by atoms with van der Waals surface area (Å²) in [6.45, 7) is 2.89. The number of nitrogens with two attached hydrogens (primary N) is 1. The van der Waals surface area contributed by atoms with Crippen LogP contribution in [-0.4, -0.2) is 73.3 Å². The van der Waals surface area contributed by atoms with Crippen LogP contribution >= 0.6 is 11.6 Å². The fourth-order valence-corrected chi connectivity index (χ4v) is 4.13. The largest absolute Gasteiger partial charge is 0.494 e. The number of nitrogens with zero attached hydrogens (tertiary/aromatic N) is 5. The van der Waals surface area contributed by atoms with E-state index in [1.807, 2.05) is 11.9 Å². The first-order valence-electron chi connectivity index (χ1n) is 11.7. The SMILES string of the molecule is COc1cc(N2CCN(C)CC2)c([N+](=O)[O-])cc1Nc1ncc(Cl)c(Nc2ccc(OC(N)=O)cc2OC)n1. The van der Waals surface area contributed by atoms with Crippen LogP contribution in [0.25, 0.3) is 0 Å². The number of halogens is 1. The Bertz CT molecular complexity index is 1380. The number of hydrogen-bond donors (Lipinski definition) is 3. The van der Waals surface area contributed by atoms with E-state index >= 15 is 0 Å². The van der Waals surface area contributed by atoms with Crippen molar-refractivity contribution in [3.8, 4) is 17.2 Å². The molecule has 15 heteroatoms. The Hall–Kier alpha value is -4.56. The molecule has 2 aromatic carbocycles. The Morgan fingerprint density at radius 1 is 1.08 bits per heavy atom. The second-order valence-electron chi connectivity index (χ2n) is 8.51. The number of likely N-dealkylation sites (N-methyl/N-ethyl adjacent to an activating group) is 1. The summed E-state index contributed by atoms with van der Waals surface area (Å²) in [5.74, 6) is 1.23. The number of nitro benzene ring substituents is 1. The van der Waals surface area contributed by atoms with E-state index in [-0.39, 0.29) is 28.2 Å². The monoisotopic (exact) mass is 558 g/mol. The molecule has 1 fully saturated rings. The molecule has 39 heavy (non-hydrogen) atoms. The highest BCUT2D eigenvalue weighted by Crippen LogP contribution is 2.40. The number of hydrogen-bond acceptors (Lipinski definition) is 12. The highest BCUT2D eigenvalue weighted by Gasteiger charge is 2.26. The standard InChI is InChI=1S/C24H27ClN8O6/c1-31-6-8-32(9-7-31)18-12-21(38-3)17(11-19(18)33(35)36)29-24-27-13-15(25)22(30-24)28-16-5-4-14(39-23(26)34)10-20(16)37-2/h4-5,10-13H,6-9H2,1-3H3,(H2,26,34)(H2,27,28,29,30). The molecule has 4 rings (SSSR count). The van der Waals surface area contributed by atoms with E-state index in [1.54, 1.807) is 12.1 Å². The van der Waals surface area contributed by atoms with Crippen molar-refractivity contribution in [1.82, 2.24) is 14.9 Å². The molecule has 4 N–H and O–H groups in total. The van der Waals surface area contributed by atoms with Crippen LogP contribution in [0.4, 0.5) is 39.3 Å². The lowest BCUT2D eigenvalue weighted by molar-refractivity contribution is -0.384. The summed E-state index contributed by atoms with van der Waals surface area (Å²) in [4.78, 5) is 35.3. The average Bonchev–Trinajstić information content (AvgIpc) is 2.91. The lowest BCUT2D eigenvalue weighted by Gasteiger charge is -2.34. The summed E-state index contributed by atoms with van der Waals surface area (Å²) < 4.78 is 15.8. The number of rotatable bonds is 9. The molecule has 2 heterocycles. The summed E-state index contributed by atoms with van der Waals surface area (Å²) in [6.07, 6.45) is 0.412. The molecule has 1 aromatic heterocycles. The van der Waals surface area contributed by atoms with Crippen LogP contribution in [0, 0.1) is 10.1 Å². The van der Waals surface area contributed by atoms with Gasteiger partial charge in [0.2, 0.25) is 5.95 Å². The Balaban J connectivity index is 1.62. The average molecular weight is 559 g/mol. The number of carbonyl (C=O) groups is 1. The predicted octanol–water partition coefficient (Wildman–Crippen LogP) is 3.75. The van der Waals surface area contributed by atoms with Crippen LogP contribution in [0.1, 0.15) is 0 Å². The van der Waals surface area contributed by atoms with Crippen molar-refractivity contribution in [2.45, 2.75) is 0 Å². The van der Waals surface area contributed by atoms with Crippen LogP contribution in [0.5, 0.6) is 17.2 Å². The number of primary amides is 1. The van der Waals surface area contributed by atoms with E-state index in [0.717, 1.165) is 13.1 Å². The highest BCUT2D eigenvalue weighted by atomic mass is 35.5. The number of piperazine rings is 1. The van der Waals surface area contributed by atoms with Crippen molar-refractivity contribution < 1.29 is 23.9 Å². The van der Waals surface area contributed by atoms with Crippen LogP contribution in [0.3, 0.4) is 0 Å². The van der Waals surface area contributed by atoms with Crippen LogP contribution in [-0.2, 0) is 0 Å². The third kappa shape index (κ3) is 6.48. The summed E-state index contributed by atoms with van der Waals surface area (Å²) in [5.41, 5.74) is 6.24. The van der Waals surface area contributed by atoms with Gasteiger partial charge in [0.25, 0.3) is 5.69 Å². The minimum atomic E-state index is -0.959. The molecule has 1 saturated heterocycles. The molecule has 0 saturated carbocycles. The number of benzene rings is 2. The minimum Gasteiger partial charge on any atom is -0.494 e. The molecule has 1 aliphatic rings. The lowest BCUT2D eigenvalue weighted by Crippen LogP contribution is -2.44. The Morgan fingerprint density at radius 2 is 1.77 bits per heavy atom. The second-order valence-corrected chi connectivity index (χ2v) is 8.92. The van der Waals surface area contributed by atoms with Gasteiger partial charge >= 0.3 is 6.09 Å². The van der Waals surface area contributed by atoms with E-state index in [4.69, 9.17) is 31.5 Å². The van der Waals surface area contributed by atoms with Crippen LogP contribution < -0.4 is 35.5 Å². The van der Waals surface area contributed by atoms with Gasteiger partial charge in [0, 0.05) is 44.4 Å². The number of nitro groups is 1. The van der Waals surface area contributed by atoms with Crippen LogP contribution in [0.2, 0.25) is 5.02 Å². The van der Waals surface area contributed by atoms with Gasteiger partial charge in [0.1, 0.15) is 28.0 Å². The maximum atomic E-state index is 12.0. The molecule has 1 aliphatic heterocycles. The van der Waals surface area contributed by atoms with Crippen molar-refractivity contribution in [2.75, 3.05) is 63.0 Å². The molecule has 14 nitrogen and oxygen atoms in total. The van der Waals surface area contributed by atoms with Crippen molar-refractivity contribution >= 4 is 52.2 Å². The van der Waals surface area contributed by atoms with E-state index < -0.39 is 11.0 Å². The van der Waals surface area contributed by atoms with Gasteiger partial charge in [0.05, 0.1) is 36.7 Å². The quantitative estimate of drug-likeness (QED) is 0.257. The van der Waals surface area contributed by atoms with Crippen molar-refractivity contribution in [3.05, 3.63) is 51.7 Å². The van der Waals surface area contributed by atoms with Crippen molar-refractivity contribution in [2.24, 2.45) is 5.73 Å². The number of ether oxygens (including phenoxy) is 3. The zero-order valence-electron chi connectivity index (χ0n) is 21.4. The Labute approximate surface area is 228 Å². The zero-order chi connectivity index (χ0) is 28.1. The molecular weight excluding hydrogens is 532 g/mol. The topological polar surface area (TPSA) is 170 Å². The fourth-order valence-electron chi connectivity index (χ4n) is 3.99. The first-order valence-corrected chi connectivity index (χ1v) is 12.1. The molecule has 0 aliphatic carbocycles. The third-order valence-corrected chi connectivity index (χ3v) is 6.25. The molecule has 206 valence electrons. The summed E-state index contributed by atoms with van der Waals surface area (Å²) in [5, 5.41) is 18.2. The molecule has 0 unspecified atom stereocenters. The molecule has 3 aromatic rings. The molecule has 0 bridgehead atoms. The maximum Gasteiger partial charge on any atom is 0.409 e. The summed E-state index contributed by atoms with van der Waals surface area (Å²) in [6, 6.07) is 7.61. The highest BCUT2D eigenvalue weighted by molar-refractivity contribution is 6.33. The smallest absolute Gasteiger partial charge is 0.409 e. The van der Waals surface area contributed by atoms with Gasteiger partial charge in [-0.3, -0.25) is 10.1 Å². The fraction of sp³-hybridized carbons (Fsp3) is 0.292. The summed E-state index contributed by atoms with van der Waals surface area (Å²) >= 11 is 6.32. The lowest BCUT2D eigenvalue weighted by atomic mass is 10.1. The molecule has 1 amide bonds. The first-order chi connectivity index (χ1) is 18.7. The molecular formula is C24H27ClN8O6. The Kier molecular flexibility index (Phi) is 8.36. The van der Waals surface area contributed by atoms with E-state index in [0.29, 0.717) is 41.7 Å². The number of aromatic nitrogens is 2. The number of methoxy groups -OCH3 is 2. The van der Waals surface area contributed by atoms with Gasteiger partial charge in [-0.1, -0.05) is 11.6 Å². The molecule has 0 radical (unpaired) electrons. The number of carbonyl (C=O) groups excluding carboxylic acids is 1. The van der Waals surface area contributed by atoms with Gasteiger partial charge in [-0.05, 0) is 19.2 Å². The van der Waals surface area contributed by atoms with Gasteiger partial charge in [-0.2, -0.15) is 4.98 Å². The van der Waals surface area contributed by atoms with Gasteiger partial charge in [-0.25, -0.2) is 9.78 Å². The number of nitrogens with one attached hydrogen (secondary N) is 2. The predicted molar refractivity (Wildman–Crippen MR) is 146 cm³/mol. The van der Waals surface area contributed by atoms with Gasteiger partial charge in [0.15, 0.2) is 5.82 Å². The molecule has 0 spiro atoms.